The summed E-state index contributed by atoms with van der Waals surface area (Å²) in [4.78, 5) is 16.2. The molecule has 0 aliphatic carbocycles. The fourth-order valence-corrected chi connectivity index (χ4v) is 4.37. The number of carbonyl (C=O) groups excluding carboxylic acids is 1. The molecule has 0 saturated carbocycles. The maximum atomic E-state index is 14.9. The van der Waals surface area contributed by atoms with Crippen LogP contribution in [0.3, 0.4) is 0 Å². The third-order valence-electron chi connectivity index (χ3n) is 5.85. The van der Waals surface area contributed by atoms with Crippen LogP contribution < -0.4 is 0 Å². The molecule has 0 aromatic heterocycles. The summed E-state index contributed by atoms with van der Waals surface area (Å²) < 4.78 is 29.8. The number of rotatable bonds is 4. The zero-order valence-corrected chi connectivity index (χ0v) is 15.6. The molecule has 0 radical (unpaired) electrons. The van der Waals surface area contributed by atoms with Crippen LogP contribution in [-0.4, -0.2) is 52.4 Å². The zero-order valence-electron chi connectivity index (χ0n) is 15.6. The monoisotopic (exact) mass is 386 g/mol. The first-order valence-electron chi connectivity index (χ1n) is 9.67. The Morgan fingerprint density at radius 1 is 1.00 bits per heavy atom. The highest BCUT2D eigenvalue weighted by molar-refractivity contribution is 5.84. The second-order valence-electron chi connectivity index (χ2n) is 7.71. The lowest BCUT2D eigenvalue weighted by molar-refractivity contribution is -0.137. The molecule has 2 aliphatic heterocycles. The third kappa shape index (κ3) is 3.74. The molecule has 2 unspecified atom stereocenters. The van der Waals surface area contributed by atoms with Gasteiger partial charge >= 0.3 is 0 Å². The molecule has 2 fully saturated rings. The predicted molar refractivity (Wildman–Crippen MR) is 102 cm³/mol. The molecular weight excluding hydrogens is 362 g/mol. The fourth-order valence-electron chi connectivity index (χ4n) is 4.37. The maximum absolute atomic E-state index is 14.9. The van der Waals surface area contributed by atoms with Crippen LogP contribution in [-0.2, 0) is 11.3 Å². The molecule has 4 nitrogen and oxygen atoms in total. The molecule has 0 spiro atoms. The van der Waals surface area contributed by atoms with Crippen LogP contribution in [0.2, 0.25) is 0 Å². The van der Waals surface area contributed by atoms with Gasteiger partial charge in [0, 0.05) is 13.1 Å². The van der Waals surface area contributed by atoms with E-state index in [-0.39, 0.29) is 11.7 Å². The summed E-state index contributed by atoms with van der Waals surface area (Å²) >= 11 is 0. The van der Waals surface area contributed by atoms with Crippen LogP contribution in [0.15, 0.2) is 54.6 Å². The number of likely N-dealkylation sites (tertiary alicyclic amines) is 2. The minimum Gasteiger partial charge on any atom is -0.508 e. The Morgan fingerprint density at radius 2 is 1.71 bits per heavy atom. The second-order valence-corrected chi connectivity index (χ2v) is 7.71. The van der Waals surface area contributed by atoms with E-state index in [2.05, 4.69) is 0 Å². The number of phenolic OH excluding ortho intramolecular Hbond substituents is 1. The van der Waals surface area contributed by atoms with Crippen LogP contribution in [0.1, 0.15) is 29.9 Å². The van der Waals surface area contributed by atoms with Crippen molar-refractivity contribution < 1.29 is 18.7 Å². The standard InChI is InChI=1S/C22H24F2N2O2/c23-22(24)15-26(12-10-19(22)17-6-8-18(27)9-7-17)20-11-13-25(21(20)28)14-16-4-2-1-3-5-16/h1-9,19-20,27H,10-15H2. The van der Waals surface area contributed by atoms with Gasteiger partial charge in [-0.05, 0) is 42.6 Å². The molecule has 2 aromatic carbocycles. The Kier molecular flexibility index (Phi) is 5.06. The van der Waals surface area contributed by atoms with Crippen molar-refractivity contribution >= 4 is 5.91 Å². The summed E-state index contributed by atoms with van der Waals surface area (Å²) in [5.41, 5.74) is 1.58. The highest BCUT2D eigenvalue weighted by atomic mass is 19.3. The smallest absolute Gasteiger partial charge is 0.267 e. The average Bonchev–Trinajstić information content (AvgIpc) is 3.03. The van der Waals surface area contributed by atoms with Crippen molar-refractivity contribution in [3.05, 3.63) is 65.7 Å². The van der Waals surface area contributed by atoms with Crippen molar-refractivity contribution in [2.45, 2.75) is 37.3 Å². The lowest BCUT2D eigenvalue weighted by atomic mass is 9.85. The number of benzene rings is 2. The van der Waals surface area contributed by atoms with Gasteiger partial charge < -0.3 is 10.0 Å². The van der Waals surface area contributed by atoms with Crippen LogP contribution in [0.4, 0.5) is 8.78 Å². The normalized spacial score (nSPS) is 25.2. The molecule has 0 bridgehead atoms. The SMILES string of the molecule is O=C1C(N2CCC(c3ccc(O)cc3)C(F)(F)C2)CCN1Cc1ccccc1. The van der Waals surface area contributed by atoms with E-state index in [1.165, 1.54) is 12.1 Å². The Morgan fingerprint density at radius 3 is 2.39 bits per heavy atom. The topological polar surface area (TPSA) is 43.8 Å². The van der Waals surface area contributed by atoms with Crippen molar-refractivity contribution in [3.8, 4) is 5.75 Å². The Hall–Kier alpha value is -2.47. The number of carbonyl (C=O) groups is 1. The molecule has 6 heteroatoms. The van der Waals surface area contributed by atoms with Gasteiger partial charge in [-0.2, -0.15) is 0 Å². The van der Waals surface area contributed by atoms with Gasteiger partial charge in [0.05, 0.1) is 18.5 Å². The largest absolute Gasteiger partial charge is 0.508 e. The van der Waals surface area contributed by atoms with E-state index in [1.54, 1.807) is 21.9 Å². The first kappa shape index (κ1) is 18.9. The Labute approximate surface area is 163 Å². The predicted octanol–water partition coefficient (Wildman–Crippen LogP) is 3.62. The van der Waals surface area contributed by atoms with Crippen molar-refractivity contribution in [3.63, 3.8) is 0 Å². The number of aromatic hydroxyl groups is 1. The molecule has 1 amide bonds. The molecule has 2 aromatic rings. The lowest BCUT2D eigenvalue weighted by Crippen LogP contribution is -2.53. The van der Waals surface area contributed by atoms with Crippen molar-refractivity contribution in [2.24, 2.45) is 0 Å². The number of piperidine rings is 1. The number of amides is 1. The van der Waals surface area contributed by atoms with Gasteiger partial charge in [-0.15, -0.1) is 0 Å². The van der Waals surface area contributed by atoms with E-state index in [0.717, 1.165) is 5.56 Å². The first-order valence-corrected chi connectivity index (χ1v) is 9.67. The summed E-state index contributed by atoms with van der Waals surface area (Å²) in [6.45, 7) is 1.18. The molecule has 2 saturated heterocycles. The number of halogens is 2. The quantitative estimate of drug-likeness (QED) is 0.873. The van der Waals surface area contributed by atoms with Crippen molar-refractivity contribution in [1.82, 2.24) is 9.80 Å². The molecule has 2 heterocycles. The van der Waals surface area contributed by atoms with E-state index in [4.69, 9.17) is 0 Å². The van der Waals surface area contributed by atoms with Gasteiger partial charge in [-0.25, -0.2) is 8.78 Å². The van der Waals surface area contributed by atoms with E-state index in [1.807, 2.05) is 30.3 Å². The van der Waals surface area contributed by atoms with Gasteiger partial charge in [0.2, 0.25) is 5.91 Å². The van der Waals surface area contributed by atoms with Crippen molar-refractivity contribution in [2.75, 3.05) is 19.6 Å². The number of alkyl halides is 2. The highest BCUT2D eigenvalue weighted by Gasteiger charge is 2.49. The fraction of sp³-hybridized carbons (Fsp3) is 0.409. The average molecular weight is 386 g/mol. The molecule has 4 rings (SSSR count). The van der Waals surface area contributed by atoms with Crippen molar-refractivity contribution in [1.29, 1.82) is 0 Å². The van der Waals surface area contributed by atoms with E-state index in [0.29, 0.717) is 38.0 Å². The summed E-state index contributed by atoms with van der Waals surface area (Å²) in [5.74, 6) is -3.79. The Bertz CT molecular complexity index is 826. The van der Waals surface area contributed by atoms with Gasteiger partial charge in [-0.3, -0.25) is 9.69 Å². The lowest BCUT2D eigenvalue weighted by Gasteiger charge is -2.40. The van der Waals surface area contributed by atoms with E-state index < -0.39 is 24.4 Å². The van der Waals surface area contributed by atoms with E-state index in [9.17, 15) is 18.7 Å². The Balaban J connectivity index is 1.42. The first-order chi connectivity index (χ1) is 13.4. The minimum absolute atomic E-state index is 0.0530. The van der Waals surface area contributed by atoms with Crippen LogP contribution in [0.5, 0.6) is 5.75 Å². The van der Waals surface area contributed by atoms with Crippen LogP contribution in [0.25, 0.3) is 0 Å². The summed E-state index contributed by atoms with van der Waals surface area (Å²) in [6, 6.07) is 15.3. The molecule has 28 heavy (non-hydrogen) atoms. The molecule has 2 aliphatic rings. The molecule has 148 valence electrons. The summed E-state index contributed by atoms with van der Waals surface area (Å²) in [7, 11) is 0. The summed E-state index contributed by atoms with van der Waals surface area (Å²) in [5, 5.41) is 9.39. The number of hydrogen-bond donors (Lipinski definition) is 1. The summed E-state index contributed by atoms with van der Waals surface area (Å²) in [6.07, 6.45) is 0.881. The van der Waals surface area contributed by atoms with E-state index >= 15 is 0 Å². The van der Waals surface area contributed by atoms with Gasteiger partial charge in [0.25, 0.3) is 5.92 Å². The van der Waals surface area contributed by atoms with Gasteiger partial charge in [-0.1, -0.05) is 42.5 Å². The third-order valence-corrected chi connectivity index (χ3v) is 5.85. The minimum atomic E-state index is -2.91. The highest BCUT2D eigenvalue weighted by Crippen LogP contribution is 2.41. The van der Waals surface area contributed by atoms with Gasteiger partial charge in [0.1, 0.15) is 5.75 Å². The second kappa shape index (κ2) is 7.51. The van der Waals surface area contributed by atoms with Crippen LogP contribution >= 0.6 is 0 Å². The number of nitrogens with zero attached hydrogens (tertiary/aromatic N) is 2. The van der Waals surface area contributed by atoms with Crippen LogP contribution in [0, 0.1) is 0 Å². The molecule has 2 atom stereocenters. The number of phenols is 1. The molecule has 1 N–H and O–H groups in total. The zero-order chi connectivity index (χ0) is 19.7. The molecular formula is C22H24F2N2O2. The maximum Gasteiger partial charge on any atom is 0.267 e. The number of hydrogen-bond acceptors (Lipinski definition) is 3. The van der Waals surface area contributed by atoms with Gasteiger partial charge in [0.15, 0.2) is 0 Å².